The Kier molecular flexibility index (Phi) is 4.24. The number of amides is 1. The van der Waals surface area contributed by atoms with E-state index in [2.05, 4.69) is 5.10 Å². The highest BCUT2D eigenvalue weighted by atomic mass is 16.5. The molecule has 1 amide bonds. The fourth-order valence-corrected chi connectivity index (χ4v) is 2.86. The first-order valence-corrected chi connectivity index (χ1v) is 6.86. The molecule has 2 rings (SSSR count). The minimum atomic E-state index is 0.102. The molecule has 1 aliphatic rings. The molecular formula is C14H23N3O2. The van der Waals surface area contributed by atoms with Crippen molar-refractivity contribution in [2.45, 2.75) is 39.2 Å². The zero-order chi connectivity index (χ0) is 14.0. The van der Waals surface area contributed by atoms with Gasteiger partial charge in [0, 0.05) is 26.4 Å². The lowest BCUT2D eigenvalue weighted by atomic mass is 10.0. The van der Waals surface area contributed by atoms with Gasteiger partial charge in [-0.2, -0.15) is 5.10 Å². The Balaban J connectivity index is 2.26. The Morgan fingerprint density at radius 2 is 2.16 bits per heavy atom. The van der Waals surface area contributed by atoms with Gasteiger partial charge in [-0.15, -0.1) is 0 Å². The number of rotatable bonds is 3. The van der Waals surface area contributed by atoms with Gasteiger partial charge in [0.05, 0.1) is 23.9 Å². The largest absolute Gasteiger partial charge is 0.383 e. The second-order valence-corrected chi connectivity index (χ2v) is 5.27. The van der Waals surface area contributed by atoms with Crippen molar-refractivity contribution >= 4 is 5.91 Å². The average Bonchev–Trinajstić information content (AvgIpc) is 2.64. The number of nitrogens with zero attached hydrogens (tertiary/aromatic N) is 3. The molecule has 0 aromatic carbocycles. The molecule has 1 aromatic rings. The fourth-order valence-electron chi connectivity index (χ4n) is 2.86. The molecule has 106 valence electrons. The van der Waals surface area contributed by atoms with Crippen LogP contribution >= 0.6 is 0 Å². The second kappa shape index (κ2) is 5.74. The molecule has 0 aliphatic carbocycles. The molecule has 0 spiro atoms. The van der Waals surface area contributed by atoms with Gasteiger partial charge in [-0.25, -0.2) is 0 Å². The molecule has 5 heteroatoms. The van der Waals surface area contributed by atoms with Gasteiger partial charge in [0.15, 0.2) is 0 Å². The fraction of sp³-hybridized carbons (Fsp3) is 0.714. The normalized spacial score (nSPS) is 19.8. The number of carbonyl (C=O) groups excluding carboxylic acids is 1. The van der Waals surface area contributed by atoms with E-state index in [0.717, 1.165) is 36.3 Å². The maximum absolute atomic E-state index is 12.8. The van der Waals surface area contributed by atoms with E-state index in [9.17, 15) is 4.79 Å². The van der Waals surface area contributed by atoms with Crippen molar-refractivity contribution < 1.29 is 9.53 Å². The lowest BCUT2D eigenvalue weighted by Crippen LogP contribution is -2.46. The summed E-state index contributed by atoms with van der Waals surface area (Å²) in [5, 5.41) is 4.34. The smallest absolute Gasteiger partial charge is 0.257 e. The summed E-state index contributed by atoms with van der Waals surface area (Å²) in [4.78, 5) is 14.7. The van der Waals surface area contributed by atoms with Crippen LogP contribution in [0, 0.1) is 13.8 Å². The van der Waals surface area contributed by atoms with E-state index in [1.54, 1.807) is 11.8 Å². The van der Waals surface area contributed by atoms with Crippen LogP contribution in [0.15, 0.2) is 0 Å². The summed E-state index contributed by atoms with van der Waals surface area (Å²) >= 11 is 0. The number of piperidine rings is 1. The van der Waals surface area contributed by atoms with Gasteiger partial charge >= 0.3 is 0 Å². The van der Waals surface area contributed by atoms with Crippen LogP contribution in [0.1, 0.15) is 41.0 Å². The van der Waals surface area contributed by atoms with Crippen LogP contribution in [0.2, 0.25) is 0 Å². The average molecular weight is 265 g/mol. The van der Waals surface area contributed by atoms with E-state index in [-0.39, 0.29) is 11.9 Å². The van der Waals surface area contributed by atoms with Crippen molar-refractivity contribution in [3.63, 3.8) is 0 Å². The summed E-state index contributed by atoms with van der Waals surface area (Å²) < 4.78 is 7.02. The van der Waals surface area contributed by atoms with Crippen LogP contribution in [0.25, 0.3) is 0 Å². The van der Waals surface area contributed by atoms with Crippen molar-refractivity contribution in [1.29, 1.82) is 0 Å². The molecule has 0 saturated carbocycles. The number of likely N-dealkylation sites (tertiary alicyclic amines) is 1. The zero-order valence-electron chi connectivity index (χ0n) is 12.3. The number of aromatic nitrogens is 2. The quantitative estimate of drug-likeness (QED) is 0.835. The minimum Gasteiger partial charge on any atom is -0.383 e. The van der Waals surface area contributed by atoms with Crippen LogP contribution < -0.4 is 0 Å². The molecule has 1 atom stereocenters. The summed E-state index contributed by atoms with van der Waals surface area (Å²) in [5.41, 5.74) is 2.50. The van der Waals surface area contributed by atoms with E-state index in [1.165, 1.54) is 6.42 Å². The Bertz CT molecular complexity index is 466. The number of aryl methyl sites for hydroxylation is 2. The molecule has 0 N–H and O–H groups in total. The van der Waals surface area contributed by atoms with Gasteiger partial charge in [0.2, 0.25) is 0 Å². The summed E-state index contributed by atoms with van der Waals surface area (Å²) in [6.45, 7) is 5.28. The molecule has 0 bridgehead atoms. The van der Waals surface area contributed by atoms with Crippen molar-refractivity contribution in [3.05, 3.63) is 17.0 Å². The summed E-state index contributed by atoms with van der Waals surface area (Å²) in [7, 11) is 3.57. The van der Waals surface area contributed by atoms with Gasteiger partial charge in [-0.3, -0.25) is 9.48 Å². The van der Waals surface area contributed by atoms with E-state index in [1.807, 2.05) is 25.8 Å². The van der Waals surface area contributed by atoms with Crippen LogP contribution in [-0.2, 0) is 11.8 Å². The maximum Gasteiger partial charge on any atom is 0.257 e. The first-order chi connectivity index (χ1) is 9.06. The molecule has 1 unspecified atom stereocenters. The van der Waals surface area contributed by atoms with Crippen LogP contribution in [0.4, 0.5) is 0 Å². The van der Waals surface area contributed by atoms with Gasteiger partial charge in [-0.1, -0.05) is 0 Å². The van der Waals surface area contributed by atoms with Gasteiger partial charge < -0.3 is 9.64 Å². The van der Waals surface area contributed by atoms with Crippen molar-refractivity contribution in [2.24, 2.45) is 7.05 Å². The van der Waals surface area contributed by atoms with Gasteiger partial charge in [-0.05, 0) is 33.1 Å². The number of methoxy groups -OCH3 is 1. The first-order valence-electron chi connectivity index (χ1n) is 6.86. The predicted molar refractivity (Wildman–Crippen MR) is 73.2 cm³/mol. The molecular weight excluding hydrogens is 242 g/mol. The van der Waals surface area contributed by atoms with Gasteiger partial charge in [0.1, 0.15) is 0 Å². The SMILES string of the molecule is COCC1CCCCN1C(=O)c1c(C)nn(C)c1C. The highest BCUT2D eigenvalue weighted by molar-refractivity contribution is 5.96. The third-order valence-corrected chi connectivity index (χ3v) is 3.97. The summed E-state index contributed by atoms with van der Waals surface area (Å²) in [6.07, 6.45) is 3.27. The van der Waals surface area contributed by atoms with Gasteiger partial charge in [0.25, 0.3) is 5.91 Å². The number of hydrogen-bond donors (Lipinski definition) is 0. The number of ether oxygens (including phenoxy) is 1. The number of carbonyl (C=O) groups is 1. The van der Waals surface area contributed by atoms with E-state index >= 15 is 0 Å². The van der Waals surface area contributed by atoms with Crippen molar-refractivity contribution in [3.8, 4) is 0 Å². The third kappa shape index (κ3) is 2.66. The number of hydrogen-bond acceptors (Lipinski definition) is 3. The van der Waals surface area contributed by atoms with E-state index in [0.29, 0.717) is 6.61 Å². The molecule has 1 fully saturated rings. The molecule has 2 heterocycles. The topological polar surface area (TPSA) is 47.4 Å². The van der Waals surface area contributed by atoms with Crippen molar-refractivity contribution in [1.82, 2.24) is 14.7 Å². The molecule has 19 heavy (non-hydrogen) atoms. The highest BCUT2D eigenvalue weighted by Gasteiger charge is 2.30. The molecule has 1 aromatic heterocycles. The van der Waals surface area contributed by atoms with Crippen molar-refractivity contribution in [2.75, 3.05) is 20.3 Å². The maximum atomic E-state index is 12.8. The zero-order valence-corrected chi connectivity index (χ0v) is 12.3. The van der Waals surface area contributed by atoms with E-state index < -0.39 is 0 Å². The Hall–Kier alpha value is -1.36. The summed E-state index contributed by atoms with van der Waals surface area (Å²) in [6, 6.07) is 0.199. The highest BCUT2D eigenvalue weighted by Crippen LogP contribution is 2.22. The first kappa shape index (κ1) is 14.1. The van der Waals surface area contributed by atoms with Crippen LogP contribution in [0.5, 0.6) is 0 Å². The van der Waals surface area contributed by atoms with E-state index in [4.69, 9.17) is 4.74 Å². The standard InChI is InChI=1S/C14H23N3O2/c1-10-13(11(2)16(3)15-10)14(18)17-8-6-5-7-12(17)9-19-4/h12H,5-9H2,1-4H3. The lowest BCUT2D eigenvalue weighted by Gasteiger charge is -2.35. The molecule has 5 nitrogen and oxygen atoms in total. The predicted octanol–water partition coefficient (Wildman–Crippen LogP) is 1.68. The monoisotopic (exact) mass is 265 g/mol. The Labute approximate surface area is 114 Å². The van der Waals surface area contributed by atoms with Crippen LogP contribution in [0.3, 0.4) is 0 Å². The summed E-state index contributed by atoms with van der Waals surface area (Å²) in [5.74, 6) is 0.102. The Morgan fingerprint density at radius 3 is 2.74 bits per heavy atom. The molecule has 1 aliphatic heterocycles. The second-order valence-electron chi connectivity index (χ2n) is 5.27. The minimum absolute atomic E-state index is 0.102. The molecule has 0 radical (unpaired) electrons. The Morgan fingerprint density at radius 1 is 1.42 bits per heavy atom. The third-order valence-electron chi connectivity index (χ3n) is 3.97. The lowest BCUT2D eigenvalue weighted by molar-refractivity contribution is 0.0427. The van der Waals surface area contributed by atoms with Crippen LogP contribution in [-0.4, -0.2) is 46.9 Å². The molecule has 1 saturated heterocycles.